The van der Waals surface area contributed by atoms with Crippen molar-refractivity contribution < 1.29 is 24.2 Å². The van der Waals surface area contributed by atoms with Crippen LogP contribution in [-0.4, -0.2) is 28.3 Å². The molecule has 3 rings (SSSR count). The van der Waals surface area contributed by atoms with Gasteiger partial charge in [-0.3, -0.25) is 9.59 Å². The molecule has 7 heteroatoms. The molecule has 2 aromatic carbocycles. The number of imide groups is 1. The molecule has 1 N–H and O–H groups in total. The monoisotopic (exact) mass is 397 g/mol. The summed E-state index contributed by atoms with van der Waals surface area (Å²) in [5.41, 5.74) is 3.10. The van der Waals surface area contributed by atoms with E-state index in [0.29, 0.717) is 21.9 Å². The van der Waals surface area contributed by atoms with Crippen LogP contribution in [0, 0.1) is 13.8 Å². The maximum atomic E-state index is 12.8. The molecule has 0 spiro atoms. The number of aliphatic carboxylic acids is 1. The van der Waals surface area contributed by atoms with Gasteiger partial charge in [-0.15, -0.1) is 0 Å². The summed E-state index contributed by atoms with van der Waals surface area (Å²) >= 11 is 0.874. The first-order valence-corrected chi connectivity index (χ1v) is 9.43. The van der Waals surface area contributed by atoms with Gasteiger partial charge in [-0.25, -0.2) is 9.69 Å². The van der Waals surface area contributed by atoms with Gasteiger partial charge in [0, 0.05) is 0 Å². The minimum atomic E-state index is -1.07. The Hall–Kier alpha value is -3.06. The molecule has 1 aliphatic heterocycles. The van der Waals surface area contributed by atoms with E-state index in [2.05, 4.69) is 0 Å². The Balaban J connectivity index is 1.88. The van der Waals surface area contributed by atoms with Gasteiger partial charge in [0.05, 0.1) is 10.6 Å². The molecule has 28 heavy (non-hydrogen) atoms. The number of hydrogen-bond donors (Lipinski definition) is 1. The number of carbonyl (C=O) groups is 3. The van der Waals surface area contributed by atoms with Crippen LogP contribution in [0.4, 0.5) is 10.5 Å². The summed E-state index contributed by atoms with van der Waals surface area (Å²) < 4.78 is 5.35. The summed E-state index contributed by atoms with van der Waals surface area (Å²) in [6.07, 6.45) is 0.612. The van der Waals surface area contributed by atoms with Gasteiger partial charge in [-0.1, -0.05) is 24.3 Å². The van der Waals surface area contributed by atoms with Crippen molar-refractivity contribution in [2.24, 2.45) is 0 Å². The van der Waals surface area contributed by atoms with Gasteiger partial charge in [-0.2, -0.15) is 0 Å². The largest absolute Gasteiger partial charge is 0.479 e. The Labute approximate surface area is 166 Å². The van der Waals surface area contributed by atoms with Crippen LogP contribution in [0.25, 0.3) is 6.08 Å². The number of rotatable bonds is 5. The number of hydrogen-bond acceptors (Lipinski definition) is 5. The molecule has 1 atom stereocenters. The lowest BCUT2D eigenvalue weighted by Gasteiger charge is -2.16. The highest BCUT2D eigenvalue weighted by atomic mass is 32.2. The van der Waals surface area contributed by atoms with Crippen LogP contribution in [-0.2, 0) is 9.59 Å². The van der Waals surface area contributed by atoms with Gasteiger partial charge in [0.15, 0.2) is 6.10 Å². The van der Waals surface area contributed by atoms with Crippen LogP contribution in [0.2, 0.25) is 0 Å². The normalized spacial score (nSPS) is 16.5. The lowest BCUT2D eigenvalue weighted by Crippen LogP contribution is -2.28. The van der Waals surface area contributed by atoms with Crippen LogP contribution >= 0.6 is 11.8 Å². The molecule has 1 unspecified atom stereocenters. The Morgan fingerprint density at radius 1 is 1.18 bits per heavy atom. The van der Waals surface area contributed by atoms with Crippen molar-refractivity contribution in [3.63, 3.8) is 0 Å². The average Bonchev–Trinajstić information content (AvgIpc) is 2.91. The minimum Gasteiger partial charge on any atom is -0.479 e. The molecule has 0 aromatic heterocycles. The van der Waals surface area contributed by atoms with E-state index < -0.39 is 12.1 Å². The Morgan fingerprint density at radius 3 is 2.61 bits per heavy atom. The first-order valence-electron chi connectivity index (χ1n) is 8.61. The molecular weight excluding hydrogens is 378 g/mol. The van der Waals surface area contributed by atoms with Crippen LogP contribution in [0.1, 0.15) is 23.6 Å². The number of amides is 2. The summed E-state index contributed by atoms with van der Waals surface area (Å²) in [6, 6.07) is 12.2. The average molecular weight is 397 g/mol. The zero-order valence-electron chi connectivity index (χ0n) is 15.6. The van der Waals surface area contributed by atoms with Gasteiger partial charge in [0.25, 0.3) is 11.1 Å². The predicted molar refractivity (Wildman–Crippen MR) is 109 cm³/mol. The van der Waals surface area contributed by atoms with Gasteiger partial charge in [0.2, 0.25) is 0 Å². The number of ether oxygens (including phenoxy) is 1. The van der Waals surface area contributed by atoms with E-state index in [-0.39, 0.29) is 11.1 Å². The van der Waals surface area contributed by atoms with Crippen LogP contribution < -0.4 is 9.64 Å². The lowest BCUT2D eigenvalue weighted by molar-refractivity contribution is -0.144. The summed E-state index contributed by atoms with van der Waals surface area (Å²) in [7, 11) is 0. The molecule has 1 aliphatic rings. The van der Waals surface area contributed by atoms with Gasteiger partial charge in [-0.05, 0) is 73.5 Å². The third-order valence-corrected chi connectivity index (χ3v) is 5.30. The quantitative estimate of drug-likeness (QED) is 0.753. The van der Waals surface area contributed by atoms with Crippen molar-refractivity contribution in [2.45, 2.75) is 26.9 Å². The second-order valence-electron chi connectivity index (χ2n) is 6.41. The van der Waals surface area contributed by atoms with Crippen molar-refractivity contribution in [3.05, 3.63) is 64.1 Å². The molecule has 0 aliphatic carbocycles. The summed E-state index contributed by atoms with van der Waals surface area (Å²) in [5.74, 6) is -1.08. The van der Waals surface area contributed by atoms with Crippen molar-refractivity contribution in [3.8, 4) is 5.75 Å². The standard InChI is InChI=1S/C21H19NO5S/c1-12-6-4-9-17(13(12)2)22-19(23)18(28-21(22)26)11-15-7-5-8-16(10-15)27-14(3)20(24)25/h4-11,14H,1-3H3,(H,24,25)/b18-11+. The minimum absolute atomic E-state index is 0.300. The first kappa shape index (κ1) is 19.7. The number of thioether (sulfide) groups is 1. The van der Waals surface area contributed by atoms with Crippen LogP contribution in [0.15, 0.2) is 47.4 Å². The molecule has 0 saturated carbocycles. The number of benzene rings is 2. The molecule has 2 amide bonds. The molecule has 144 valence electrons. The van der Waals surface area contributed by atoms with Crippen LogP contribution in [0.5, 0.6) is 5.75 Å². The summed E-state index contributed by atoms with van der Waals surface area (Å²) in [4.78, 5) is 37.7. The molecule has 6 nitrogen and oxygen atoms in total. The summed E-state index contributed by atoms with van der Waals surface area (Å²) in [6.45, 7) is 5.24. The molecular formula is C21H19NO5S. The lowest BCUT2D eigenvalue weighted by atomic mass is 10.1. The van der Waals surface area contributed by atoms with E-state index in [4.69, 9.17) is 9.84 Å². The van der Waals surface area contributed by atoms with Gasteiger partial charge in [0.1, 0.15) is 5.75 Å². The second-order valence-corrected chi connectivity index (χ2v) is 7.40. The fraction of sp³-hybridized carbons (Fsp3) is 0.190. The first-order chi connectivity index (χ1) is 13.3. The molecule has 2 aromatic rings. The Morgan fingerprint density at radius 2 is 1.89 bits per heavy atom. The third kappa shape index (κ3) is 3.94. The smallest absolute Gasteiger partial charge is 0.344 e. The number of carboxylic acids is 1. The highest BCUT2D eigenvalue weighted by Crippen LogP contribution is 2.37. The van der Waals surface area contributed by atoms with E-state index in [1.165, 1.54) is 11.8 Å². The van der Waals surface area contributed by atoms with E-state index in [0.717, 1.165) is 22.9 Å². The maximum Gasteiger partial charge on any atom is 0.344 e. The molecule has 1 fully saturated rings. The highest BCUT2D eigenvalue weighted by molar-refractivity contribution is 8.19. The number of anilines is 1. The maximum absolute atomic E-state index is 12.8. The van der Waals surface area contributed by atoms with Crippen LogP contribution in [0.3, 0.4) is 0 Å². The van der Waals surface area contributed by atoms with Crippen molar-refractivity contribution in [2.75, 3.05) is 4.90 Å². The fourth-order valence-corrected chi connectivity index (χ4v) is 3.57. The van der Waals surface area contributed by atoms with Crippen molar-refractivity contribution in [1.29, 1.82) is 0 Å². The molecule has 0 bridgehead atoms. The highest BCUT2D eigenvalue weighted by Gasteiger charge is 2.37. The van der Waals surface area contributed by atoms with Gasteiger partial charge >= 0.3 is 5.97 Å². The fourth-order valence-electron chi connectivity index (χ4n) is 2.74. The van der Waals surface area contributed by atoms with Crippen molar-refractivity contribution >= 4 is 40.6 Å². The van der Waals surface area contributed by atoms with Crippen molar-refractivity contribution in [1.82, 2.24) is 0 Å². The predicted octanol–water partition coefficient (Wildman–Crippen LogP) is 4.40. The second kappa shape index (κ2) is 7.90. The van der Waals surface area contributed by atoms with E-state index in [9.17, 15) is 14.4 Å². The Kier molecular flexibility index (Phi) is 5.56. The zero-order valence-corrected chi connectivity index (χ0v) is 16.4. The van der Waals surface area contributed by atoms with E-state index >= 15 is 0 Å². The van der Waals surface area contributed by atoms with E-state index in [1.54, 1.807) is 36.4 Å². The van der Waals surface area contributed by atoms with E-state index in [1.807, 2.05) is 26.0 Å². The summed E-state index contributed by atoms with van der Waals surface area (Å²) in [5, 5.41) is 8.61. The number of carboxylic acid groups (broad SMARTS) is 1. The Bertz CT molecular complexity index is 998. The molecule has 0 radical (unpaired) electrons. The van der Waals surface area contributed by atoms with Gasteiger partial charge < -0.3 is 9.84 Å². The number of nitrogens with zero attached hydrogens (tertiary/aromatic N) is 1. The third-order valence-electron chi connectivity index (χ3n) is 4.43. The molecule has 1 saturated heterocycles. The zero-order chi connectivity index (χ0) is 20.4. The topological polar surface area (TPSA) is 83.9 Å². The number of carbonyl (C=O) groups excluding carboxylic acids is 2. The SMILES string of the molecule is Cc1cccc(N2C(=O)S/C(=C/c3cccc(OC(C)C(=O)O)c3)C2=O)c1C. The number of aryl methyl sites for hydroxylation is 1. The molecule has 1 heterocycles.